The lowest BCUT2D eigenvalue weighted by Gasteiger charge is -2.09. The number of hydrogen-bond acceptors (Lipinski definition) is 4. The summed E-state index contributed by atoms with van der Waals surface area (Å²) in [5.74, 6) is 0.985. The quantitative estimate of drug-likeness (QED) is 0.766. The Bertz CT molecular complexity index is 469. The van der Waals surface area contributed by atoms with Gasteiger partial charge in [0.05, 0.1) is 18.1 Å². The third-order valence-corrected chi connectivity index (χ3v) is 4.95. The van der Waals surface area contributed by atoms with E-state index >= 15 is 0 Å². The molecule has 0 aliphatic carbocycles. The van der Waals surface area contributed by atoms with Crippen LogP contribution in [0.5, 0.6) is 5.75 Å². The Balaban J connectivity index is 2.38. The molecule has 0 bridgehead atoms. The van der Waals surface area contributed by atoms with Crippen LogP contribution in [-0.2, 0) is 16.4 Å². The molecule has 0 aromatic heterocycles. The minimum atomic E-state index is -2.95. The van der Waals surface area contributed by atoms with Gasteiger partial charge in [0.1, 0.15) is 5.75 Å². The molecule has 1 N–H and O–H groups in total. The SMILES string of the molecule is COc1cccc(CNCCS(=O)(=O)C(C)C)c1. The van der Waals surface area contributed by atoms with Crippen LogP contribution < -0.4 is 10.1 Å². The van der Waals surface area contributed by atoms with Crippen molar-refractivity contribution in [3.63, 3.8) is 0 Å². The molecule has 18 heavy (non-hydrogen) atoms. The fraction of sp³-hybridized carbons (Fsp3) is 0.538. The zero-order chi connectivity index (χ0) is 13.6. The van der Waals surface area contributed by atoms with Crippen molar-refractivity contribution >= 4 is 9.84 Å². The molecule has 0 saturated heterocycles. The van der Waals surface area contributed by atoms with Gasteiger partial charge in [0.25, 0.3) is 0 Å². The number of nitrogens with one attached hydrogen (secondary N) is 1. The van der Waals surface area contributed by atoms with E-state index < -0.39 is 9.84 Å². The van der Waals surface area contributed by atoms with Gasteiger partial charge in [-0.1, -0.05) is 12.1 Å². The van der Waals surface area contributed by atoms with Gasteiger partial charge < -0.3 is 10.1 Å². The van der Waals surface area contributed by atoms with E-state index in [0.29, 0.717) is 13.1 Å². The fourth-order valence-electron chi connectivity index (χ4n) is 1.47. The van der Waals surface area contributed by atoms with Crippen molar-refractivity contribution in [1.82, 2.24) is 5.32 Å². The molecule has 0 unspecified atom stereocenters. The highest BCUT2D eigenvalue weighted by molar-refractivity contribution is 7.92. The lowest BCUT2D eigenvalue weighted by molar-refractivity contribution is 0.414. The van der Waals surface area contributed by atoms with Crippen molar-refractivity contribution in [2.75, 3.05) is 19.4 Å². The Hall–Kier alpha value is -1.07. The van der Waals surface area contributed by atoms with Gasteiger partial charge in [0, 0.05) is 13.1 Å². The highest BCUT2D eigenvalue weighted by atomic mass is 32.2. The van der Waals surface area contributed by atoms with Gasteiger partial charge in [0.2, 0.25) is 0 Å². The molecule has 4 nitrogen and oxygen atoms in total. The maximum Gasteiger partial charge on any atom is 0.153 e. The van der Waals surface area contributed by atoms with Gasteiger partial charge in [-0.15, -0.1) is 0 Å². The highest BCUT2D eigenvalue weighted by Crippen LogP contribution is 2.12. The summed E-state index contributed by atoms with van der Waals surface area (Å²) in [5.41, 5.74) is 1.08. The molecular formula is C13H21NO3S. The first-order valence-electron chi connectivity index (χ1n) is 6.01. The van der Waals surface area contributed by atoms with E-state index in [4.69, 9.17) is 4.74 Å². The van der Waals surface area contributed by atoms with Crippen molar-refractivity contribution in [2.24, 2.45) is 0 Å². The largest absolute Gasteiger partial charge is 0.497 e. The molecule has 0 amide bonds. The van der Waals surface area contributed by atoms with Crippen LogP contribution in [0.25, 0.3) is 0 Å². The minimum absolute atomic E-state index is 0.175. The van der Waals surface area contributed by atoms with Crippen molar-refractivity contribution < 1.29 is 13.2 Å². The number of sulfone groups is 1. The minimum Gasteiger partial charge on any atom is -0.497 e. The van der Waals surface area contributed by atoms with E-state index in [1.807, 2.05) is 24.3 Å². The van der Waals surface area contributed by atoms with Crippen molar-refractivity contribution in [3.8, 4) is 5.75 Å². The summed E-state index contributed by atoms with van der Waals surface area (Å²) in [6, 6.07) is 7.71. The third-order valence-electron chi connectivity index (χ3n) is 2.74. The maximum atomic E-state index is 11.6. The molecule has 1 aromatic carbocycles. The first-order valence-corrected chi connectivity index (χ1v) is 7.72. The second kappa shape index (κ2) is 6.75. The number of rotatable bonds is 7. The van der Waals surface area contributed by atoms with Crippen LogP contribution in [0.1, 0.15) is 19.4 Å². The van der Waals surface area contributed by atoms with Crippen LogP contribution in [0.2, 0.25) is 0 Å². The van der Waals surface area contributed by atoms with Crippen LogP contribution in [0.4, 0.5) is 0 Å². The molecule has 0 radical (unpaired) electrons. The van der Waals surface area contributed by atoms with E-state index in [0.717, 1.165) is 11.3 Å². The van der Waals surface area contributed by atoms with Crippen LogP contribution in [0.15, 0.2) is 24.3 Å². The third kappa shape index (κ3) is 4.66. The average molecular weight is 271 g/mol. The molecule has 102 valence electrons. The molecular weight excluding hydrogens is 250 g/mol. The van der Waals surface area contributed by atoms with E-state index in [9.17, 15) is 8.42 Å². The maximum absolute atomic E-state index is 11.6. The Labute approximate surface area is 109 Å². The predicted octanol–water partition coefficient (Wildman–Crippen LogP) is 1.61. The fourth-order valence-corrected chi connectivity index (χ4v) is 2.37. The van der Waals surface area contributed by atoms with Crippen LogP contribution in [0.3, 0.4) is 0 Å². The summed E-state index contributed by atoms with van der Waals surface area (Å²) in [4.78, 5) is 0. The Morgan fingerprint density at radius 3 is 2.67 bits per heavy atom. The van der Waals surface area contributed by atoms with Crippen molar-refractivity contribution in [3.05, 3.63) is 29.8 Å². The molecule has 1 rings (SSSR count). The molecule has 0 aliphatic heterocycles. The number of methoxy groups -OCH3 is 1. The standard InChI is InChI=1S/C13H21NO3S/c1-11(2)18(15,16)8-7-14-10-12-5-4-6-13(9-12)17-3/h4-6,9,11,14H,7-8,10H2,1-3H3. The first-order chi connectivity index (χ1) is 8.45. The van der Waals surface area contributed by atoms with Crippen LogP contribution in [-0.4, -0.2) is 33.1 Å². The smallest absolute Gasteiger partial charge is 0.153 e. The lowest BCUT2D eigenvalue weighted by Crippen LogP contribution is -2.27. The molecule has 5 heteroatoms. The topological polar surface area (TPSA) is 55.4 Å². The molecule has 0 spiro atoms. The zero-order valence-electron chi connectivity index (χ0n) is 11.1. The molecule has 0 aliphatic rings. The molecule has 0 saturated carbocycles. The van der Waals surface area contributed by atoms with E-state index in [1.54, 1.807) is 21.0 Å². The number of ether oxygens (including phenoxy) is 1. The Morgan fingerprint density at radius 2 is 2.06 bits per heavy atom. The molecule has 0 atom stereocenters. The number of benzene rings is 1. The van der Waals surface area contributed by atoms with Gasteiger partial charge in [-0.25, -0.2) is 8.42 Å². The van der Waals surface area contributed by atoms with Gasteiger partial charge in [-0.3, -0.25) is 0 Å². The summed E-state index contributed by atoms with van der Waals surface area (Å²) in [5, 5.41) is 2.82. The van der Waals surface area contributed by atoms with Gasteiger partial charge in [-0.05, 0) is 31.5 Å². The second-order valence-electron chi connectivity index (χ2n) is 4.44. The van der Waals surface area contributed by atoms with Crippen molar-refractivity contribution in [2.45, 2.75) is 25.6 Å². The number of hydrogen-bond donors (Lipinski definition) is 1. The summed E-state index contributed by atoms with van der Waals surface area (Å²) in [7, 11) is -1.33. The lowest BCUT2D eigenvalue weighted by atomic mass is 10.2. The normalized spacial score (nSPS) is 11.8. The van der Waals surface area contributed by atoms with E-state index in [2.05, 4.69) is 5.32 Å². The summed E-state index contributed by atoms with van der Waals surface area (Å²) >= 11 is 0. The molecule has 0 heterocycles. The van der Waals surface area contributed by atoms with E-state index in [1.165, 1.54) is 0 Å². The Kier molecular flexibility index (Phi) is 5.62. The molecule has 0 fully saturated rings. The van der Waals surface area contributed by atoms with Gasteiger partial charge >= 0.3 is 0 Å². The first kappa shape index (κ1) is 15.0. The monoisotopic (exact) mass is 271 g/mol. The Morgan fingerprint density at radius 1 is 1.33 bits per heavy atom. The average Bonchev–Trinajstić information content (AvgIpc) is 2.35. The van der Waals surface area contributed by atoms with Gasteiger partial charge in [-0.2, -0.15) is 0 Å². The van der Waals surface area contributed by atoms with Crippen molar-refractivity contribution in [1.29, 1.82) is 0 Å². The summed E-state index contributed by atoms with van der Waals surface area (Å²) in [6.07, 6.45) is 0. The molecule has 1 aromatic rings. The predicted molar refractivity (Wildman–Crippen MR) is 73.6 cm³/mol. The van der Waals surface area contributed by atoms with Gasteiger partial charge in [0.15, 0.2) is 9.84 Å². The zero-order valence-corrected chi connectivity index (χ0v) is 12.0. The van der Waals surface area contributed by atoms with Crippen LogP contribution >= 0.6 is 0 Å². The second-order valence-corrected chi connectivity index (χ2v) is 7.12. The van der Waals surface area contributed by atoms with E-state index in [-0.39, 0.29) is 11.0 Å². The van der Waals surface area contributed by atoms with Crippen LogP contribution in [0, 0.1) is 0 Å². The summed E-state index contributed by atoms with van der Waals surface area (Å²) < 4.78 is 28.3. The highest BCUT2D eigenvalue weighted by Gasteiger charge is 2.14. The summed E-state index contributed by atoms with van der Waals surface area (Å²) in [6.45, 7) is 4.53.